The molecule has 0 aliphatic carbocycles. The normalized spacial score (nSPS) is 18.4. The van der Waals surface area contributed by atoms with Gasteiger partial charge in [-0.2, -0.15) is 0 Å². The number of aryl methyl sites for hydroxylation is 2. The van der Waals surface area contributed by atoms with Gasteiger partial charge in [0.25, 0.3) is 0 Å². The second-order valence-corrected chi connectivity index (χ2v) is 6.39. The molecule has 0 spiro atoms. The van der Waals surface area contributed by atoms with Crippen LogP contribution in [0.1, 0.15) is 54.6 Å². The molecule has 1 fully saturated rings. The van der Waals surface area contributed by atoms with Crippen LogP contribution in [-0.2, 0) is 0 Å². The summed E-state index contributed by atoms with van der Waals surface area (Å²) in [5, 5.41) is 0. The van der Waals surface area contributed by atoms with Gasteiger partial charge in [0, 0.05) is 12.1 Å². The highest BCUT2D eigenvalue weighted by molar-refractivity contribution is 5.97. The molecule has 0 atom stereocenters. The van der Waals surface area contributed by atoms with Crippen LogP contribution in [0.4, 0.5) is 0 Å². The van der Waals surface area contributed by atoms with Crippen LogP contribution in [0, 0.1) is 19.3 Å². The summed E-state index contributed by atoms with van der Waals surface area (Å²) in [5.74, 6) is 0.260. The van der Waals surface area contributed by atoms with E-state index in [4.69, 9.17) is 0 Å². The van der Waals surface area contributed by atoms with Crippen LogP contribution < -0.4 is 0 Å². The molecule has 0 saturated carbocycles. The topological polar surface area (TPSA) is 20.3 Å². The maximum atomic E-state index is 12.4. The quantitative estimate of drug-likeness (QED) is 0.756. The van der Waals surface area contributed by atoms with Gasteiger partial charge in [0.1, 0.15) is 0 Å². The predicted octanol–water partition coefficient (Wildman–Crippen LogP) is 4.00. The molecule has 1 aromatic rings. The molecule has 110 valence electrons. The molecule has 0 amide bonds. The largest absolute Gasteiger partial charge is 0.295 e. The Hall–Kier alpha value is -1.15. The summed E-state index contributed by atoms with van der Waals surface area (Å²) < 4.78 is 0. The summed E-state index contributed by atoms with van der Waals surface area (Å²) in [7, 11) is 0. The number of hydrogen-bond donors (Lipinski definition) is 0. The number of rotatable bonds is 5. The zero-order valence-electron chi connectivity index (χ0n) is 13.3. The lowest BCUT2D eigenvalue weighted by Crippen LogP contribution is -2.31. The van der Waals surface area contributed by atoms with E-state index >= 15 is 0 Å². The second kappa shape index (κ2) is 6.09. The molecule has 0 radical (unpaired) electrons. The molecule has 0 N–H and O–H groups in total. The molecule has 0 aromatic heterocycles. The van der Waals surface area contributed by atoms with Gasteiger partial charge in [-0.05, 0) is 62.3 Å². The van der Waals surface area contributed by atoms with Gasteiger partial charge in [0.15, 0.2) is 5.78 Å². The molecular weight excluding hydrogens is 246 g/mol. The Morgan fingerprint density at radius 1 is 1.20 bits per heavy atom. The van der Waals surface area contributed by atoms with E-state index in [0.717, 1.165) is 18.7 Å². The van der Waals surface area contributed by atoms with Crippen molar-refractivity contribution in [3.8, 4) is 0 Å². The average molecular weight is 273 g/mol. The van der Waals surface area contributed by atoms with Crippen molar-refractivity contribution in [2.45, 2.75) is 47.0 Å². The minimum atomic E-state index is 0.260. The lowest BCUT2D eigenvalue weighted by Gasteiger charge is -2.26. The second-order valence-electron chi connectivity index (χ2n) is 6.39. The predicted molar refractivity (Wildman–Crippen MR) is 84.3 cm³/mol. The van der Waals surface area contributed by atoms with Gasteiger partial charge >= 0.3 is 0 Å². The van der Waals surface area contributed by atoms with Crippen molar-refractivity contribution in [3.63, 3.8) is 0 Å². The molecule has 1 saturated heterocycles. The van der Waals surface area contributed by atoms with Crippen LogP contribution in [0.5, 0.6) is 0 Å². The highest BCUT2D eigenvalue weighted by atomic mass is 16.1. The Morgan fingerprint density at radius 3 is 2.45 bits per heavy atom. The van der Waals surface area contributed by atoms with E-state index in [9.17, 15) is 4.79 Å². The molecular formula is C18H27NO. The van der Waals surface area contributed by atoms with Crippen LogP contribution in [0.3, 0.4) is 0 Å². The number of nitrogens with zero attached hydrogens (tertiary/aromatic N) is 1. The van der Waals surface area contributed by atoms with Gasteiger partial charge in [0.2, 0.25) is 0 Å². The van der Waals surface area contributed by atoms with Gasteiger partial charge in [-0.3, -0.25) is 9.69 Å². The summed E-state index contributed by atoms with van der Waals surface area (Å²) in [6.07, 6.45) is 3.68. The van der Waals surface area contributed by atoms with Crippen molar-refractivity contribution in [1.29, 1.82) is 0 Å². The first-order chi connectivity index (χ1) is 9.49. The maximum Gasteiger partial charge on any atom is 0.176 e. The zero-order chi connectivity index (χ0) is 14.8. The van der Waals surface area contributed by atoms with Gasteiger partial charge in [-0.1, -0.05) is 26.0 Å². The maximum absolute atomic E-state index is 12.4. The molecule has 1 aliphatic rings. The summed E-state index contributed by atoms with van der Waals surface area (Å²) in [4.78, 5) is 14.7. The number of benzene rings is 1. The van der Waals surface area contributed by atoms with Crippen LogP contribution in [0.15, 0.2) is 18.2 Å². The van der Waals surface area contributed by atoms with E-state index in [0.29, 0.717) is 12.0 Å². The van der Waals surface area contributed by atoms with Crippen LogP contribution in [-0.4, -0.2) is 30.3 Å². The third-order valence-corrected chi connectivity index (χ3v) is 5.21. The molecule has 0 unspecified atom stereocenters. The number of hydrogen-bond acceptors (Lipinski definition) is 2. The van der Waals surface area contributed by atoms with Crippen LogP contribution in [0.25, 0.3) is 0 Å². The van der Waals surface area contributed by atoms with Crippen molar-refractivity contribution in [2.24, 2.45) is 5.41 Å². The molecule has 2 heteroatoms. The highest BCUT2D eigenvalue weighted by Crippen LogP contribution is 2.36. The summed E-state index contributed by atoms with van der Waals surface area (Å²) in [6.45, 7) is 11.4. The van der Waals surface area contributed by atoms with E-state index in [1.807, 2.05) is 12.1 Å². The summed E-state index contributed by atoms with van der Waals surface area (Å²) in [6, 6.07) is 6.04. The molecule has 1 aromatic carbocycles. The van der Waals surface area contributed by atoms with E-state index in [1.54, 1.807) is 0 Å². The molecule has 2 rings (SSSR count). The summed E-state index contributed by atoms with van der Waals surface area (Å²) >= 11 is 0. The number of carbonyl (C=O) groups is 1. The van der Waals surface area contributed by atoms with Gasteiger partial charge < -0.3 is 0 Å². The number of Topliss-reactive ketones (excluding diaryl/α,β-unsaturated/α-hetero) is 1. The molecule has 20 heavy (non-hydrogen) atoms. The number of likely N-dealkylation sites (tertiary alicyclic amines) is 1. The van der Waals surface area contributed by atoms with Crippen molar-refractivity contribution in [3.05, 3.63) is 34.9 Å². The van der Waals surface area contributed by atoms with Crippen molar-refractivity contribution >= 4 is 5.78 Å². The van der Waals surface area contributed by atoms with Gasteiger partial charge in [0.05, 0.1) is 6.54 Å². The fourth-order valence-electron chi connectivity index (χ4n) is 3.20. The first kappa shape index (κ1) is 15.2. The van der Waals surface area contributed by atoms with E-state index in [1.165, 1.54) is 30.4 Å². The van der Waals surface area contributed by atoms with Crippen molar-refractivity contribution in [1.82, 2.24) is 4.90 Å². The number of carbonyl (C=O) groups excluding carboxylic acids is 1. The average Bonchev–Trinajstić information content (AvgIpc) is 2.86. The first-order valence-electron chi connectivity index (χ1n) is 7.82. The van der Waals surface area contributed by atoms with Crippen molar-refractivity contribution in [2.75, 3.05) is 19.6 Å². The SMILES string of the molecule is CCC1(CC)CCN(CC(=O)c2ccc(C)c(C)c2)C1. The number of ketones is 1. The minimum absolute atomic E-state index is 0.260. The Bertz CT molecular complexity index is 488. The van der Waals surface area contributed by atoms with E-state index in [2.05, 4.69) is 38.7 Å². The molecule has 2 nitrogen and oxygen atoms in total. The molecule has 1 heterocycles. The molecule has 0 bridgehead atoms. The lowest BCUT2D eigenvalue weighted by atomic mass is 9.82. The van der Waals surface area contributed by atoms with Crippen molar-refractivity contribution < 1.29 is 4.79 Å². The van der Waals surface area contributed by atoms with E-state index in [-0.39, 0.29) is 5.78 Å². The third-order valence-electron chi connectivity index (χ3n) is 5.21. The monoisotopic (exact) mass is 273 g/mol. The smallest absolute Gasteiger partial charge is 0.176 e. The fraction of sp³-hybridized carbons (Fsp3) is 0.611. The van der Waals surface area contributed by atoms with Crippen LogP contribution in [0.2, 0.25) is 0 Å². The lowest BCUT2D eigenvalue weighted by molar-refractivity contribution is 0.0936. The van der Waals surface area contributed by atoms with Gasteiger partial charge in [-0.25, -0.2) is 0 Å². The van der Waals surface area contributed by atoms with Crippen LogP contribution >= 0.6 is 0 Å². The molecule has 1 aliphatic heterocycles. The zero-order valence-corrected chi connectivity index (χ0v) is 13.3. The summed E-state index contributed by atoms with van der Waals surface area (Å²) in [5.41, 5.74) is 3.76. The standard InChI is InChI=1S/C18H27NO/c1-5-18(6-2)9-10-19(13-18)12-17(20)16-8-7-14(3)15(4)11-16/h7-8,11H,5-6,9-10,12-13H2,1-4H3. The van der Waals surface area contributed by atoms with Gasteiger partial charge in [-0.15, -0.1) is 0 Å². The third kappa shape index (κ3) is 3.12. The highest BCUT2D eigenvalue weighted by Gasteiger charge is 2.35. The Morgan fingerprint density at radius 2 is 1.90 bits per heavy atom. The minimum Gasteiger partial charge on any atom is -0.295 e. The Kier molecular flexibility index (Phi) is 4.64. The Balaban J connectivity index is 2.00. The first-order valence-corrected chi connectivity index (χ1v) is 7.82. The fourth-order valence-corrected chi connectivity index (χ4v) is 3.20. The Labute approximate surface area is 123 Å². The van der Waals surface area contributed by atoms with E-state index < -0.39 is 0 Å².